The van der Waals surface area contributed by atoms with E-state index in [9.17, 15) is 9.59 Å². The fourth-order valence-corrected chi connectivity index (χ4v) is 5.09. The van der Waals surface area contributed by atoms with Gasteiger partial charge in [0.2, 0.25) is 5.76 Å². The molecule has 2 aromatic carbocycles. The van der Waals surface area contributed by atoms with Crippen LogP contribution < -0.4 is 15.1 Å². The van der Waals surface area contributed by atoms with Crippen LogP contribution in [0.5, 0.6) is 5.75 Å². The number of benzene rings is 2. The molecular weight excluding hydrogens is 460 g/mol. The molecule has 0 saturated heterocycles. The lowest BCUT2D eigenvalue weighted by molar-refractivity contribution is 0.0971. The van der Waals surface area contributed by atoms with E-state index >= 15 is 0 Å². The van der Waals surface area contributed by atoms with Gasteiger partial charge in [-0.15, -0.1) is 11.3 Å². The van der Waals surface area contributed by atoms with Crippen molar-refractivity contribution in [2.45, 2.75) is 33.2 Å². The van der Waals surface area contributed by atoms with Gasteiger partial charge in [0.25, 0.3) is 5.91 Å². The van der Waals surface area contributed by atoms with Crippen LogP contribution in [0.3, 0.4) is 0 Å². The van der Waals surface area contributed by atoms with Crippen LogP contribution in [0, 0.1) is 13.8 Å². The van der Waals surface area contributed by atoms with E-state index in [2.05, 4.69) is 4.98 Å². The van der Waals surface area contributed by atoms with Gasteiger partial charge in [0.05, 0.1) is 29.3 Å². The molecule has 2 aromatic heterocycles. The lowest BCUT2D eigenvalue weighted by Crippen LogP contribution is -2.29. The van der Waals surface area contributed by atoms with Crippen molar-refractivity contribution in [1.29, 1.82) is 0 Å². The first-order chi connectivity index (χ1) is 15.9. The van der Waals surface area contributed by atoms with E-state index in [0.29, 0.717) is 33.3 Å². The highest BCUT2D eigenvalue weighted by atomic mass is 35.5. The molecule has 1 aliphatic heterocycles. The predicted octanol–water partition coefficient (Wildman–Crippen LogP) is 6.06. The maximum absolute atomic E-state index is 13.6. The minimum absolute atomic E-state index is 0.0386. The van der Waals surface area contributed by atoms with Crippen LogP contribution >= 0.6 is 22.9 Å². The first kappa shape index (κ1) is 21.7. The third kappa shape index (κ3) is 3.61. The fourth-order valence-electron chi connectivity index (χ4n) is 3.98. The highest BCUT2D eigenvalue weighted by Crippen LogP contribution is 2.43. The van der Waals surface area contributed by atoms with Gasteiger partial charge in [-0.05, 0) is 56.2 Å². The molecular formula is C25H21ClN2O4S. The molecule has 0 radical (unpaired) electrons. The van der Waals surface area contributed by atoms with Crippen molar-refractivity contribution in [3.8, 4) is 5.75 Å². The smallest absolute Gasteiger partial charge is 0.297 e. The number of nitrogens with zero attached hydrogens (tertiary/aromatic N) is 2. The van der Waals surface area contributed by atoms with E-state index < -0.39 is 6.04 Å². The lowest BCUT2D eigenvalue weighted by atomic mass is 9.98. The second-order valence-corrected chi connectivity index (χ2v) is 9.57. The second kappa shape index (κ2) is 8.32. The Kier molecular flexibility index (Phi) is 5.46. The number of aryl methyl sites for hydroxylation is 2. The van der Waals surface area contributed by atoms with Crippen molar-refractivity contribution < 1.29 is 13.9 Å². The van der Waals surface area contributed by atoms with Crippen LogP contribution in [0.4, 0.5) is 5.13 Å². The van der Waals surface area contributed by atoms with Crippen LogP contribution in [-0.4, -0.2) is 17.5 Å². The Labute approximate surface area is 199 Å². The molecule has 0 saturated carbocycles. The number of halogens is 1. The molecule has 1 unspecified atom stereocenters. The van der Waals surface area contributed by atoms with Gasteiger partial charge < -0.3 is 9.15 Å². The summed E-state index contributed by atoms with van der Waals surface area (Å²) >= 11 is 7.56. The second-order valence-electron chi connectivity index (χ2n) is 7.95. The summed E-state index contributed by atoms with van der Waals surface area (Å²) in [6.45, 7) is 6.52. The average Bonchev–Trinajstić information content (AvgIpc) is 3.29. The maximum atomic E-state index is 13.6. The van der Waals surface area contributed by atoms with E-state index in [0.717, 1.165) is 28.3 Å². The van der Waals surface area contributed by atoms with E-state index in [4.69, 9.17) is 20.8 Å². The molecule has 4 aromatic rings. The van der Waals surface area contributed by atoms with E-state index in [1.807, 2.05) is 45.0 Å². The highest BCUT2D eigenvalue weighted by Gasteiger charge is 2.45. The molecule has 0 bridgehead atoms. The molecule has 6 nitrogen and oxygen atoms in total. The molecule has 0 spiro atoms. The summed E-state index contributed by atoms with van der Waals surface area (Å²) < 4.78 is 11.7. The van der Waals surface area contributed by atoms with Gasteiger partial charge in [0, 0.05) is 9.90 Å². The topological polar surface area (TPSA) is 72.6 Å². The summed E-state index contributed by atoms with van der Waals surface area (Å²) in [4.78, 5) is 34.4. The predicted molar refractivity (Wildman–Crippen MR) is 130 cm³/mol. The van der Waals surface area contributed by atoms with Crippen molar-refractivity contribution in [1.82, 2.24) is 4.98 Å². The largest absolute Gasteiger partial charge is 0.494 e. The molecule has 1 atom stereocenters. The highest BCUT2D eigenvalue weighted by molar-refractivity contribution is 7.15. The maximum Gasteiger partial charge on any atom is 0.297 e. The summed E-state index contributed by atoms with van der Waals surface area (Å²) in [7, 11) is 0. The van der Waals surface area contributed by atoms with Gasteiger partial charge in [-0.1, -0.05) is 30.7 Å². The third-order valence-corrected chi connectivity index (χ3v) is 7.03. The van der Waals surface area contributed by atoms with Gasteiger partial charge in [-0.3, -0.25) is 14.5 Å². The van der Waals surface area contributed by atoms with Crippen molar-refractivity contribution in [3.05, 3.63) is 85.2 Å². The number of ether oxygens (including phenoxy) is 1. The molecule has 33 heavy (non-hydrogen) atoms. The zero-order chi connectivity index (χ0) is 23.3. The standard InChI is InChI=1S/C25H21ClN2O4S/c1-4-11-31-17-8-5-15(6-9-17)21-20-22(29)18-12-16(26)7-10-19(18)32-23(20)24(30)28(21)25-27-13(2)14(3)33-25/h5-10,12,21H,4,11H2,1-3H3. The van der Waals surface area contributed by atoms with Crippen LogP contribution in [-0.2, 0) is 0 Å². The molecule has 0 N–H and O–H groups in total. The van der Waals surface area contributed by atoms with Gasteiger partial charge in [0.1, 0.15) is 11.3 Å². The Balaban J connectivity index is 1.72. The molecule has 168 valence electrons. The Morgan fingerprint density at radius 3 is 2.58 bits per heavy atom. The normalized spacial score (nSPS) is 15.3. The number of carbonyl (C=O) groups is 1. The van der Waals surface area contributed by atoms with E-state index in [1.54, 1.807) is 23.1 Å². The summed E-state index contributed by atoms with van der Waals surface area (Å²) in [5.74, 6) is 0.385. The van der Waals surface area contributed by atoms with Gasteiger partial charge in [0.15, 0.2) is 10.6 Å². The number of amides is 1. The number of aromatic nitrogens is 1. The zero-order valence-electron chi connectivity index (χ0n) is 18.3. The fraction of sp³-hybridized carbons (Fsp3) is 0.240. The minimum atomic E-state index is -0.669. The van der Waals surface area contributed by atoms with Gasteiger partial charge in [-0.25, -0.2) is 4.98 Å². The summed E-state index contributed by atoms with van der Waals surface area (Å²) in [6, 6.07) is 11.6. The van der Waals surface area contributed by atoms with Crippen LogP contribution in [0.1, 0.15) is 51.6 Å². The minimum Gasteiger partial charge on any atom is -0.494 e. The lowest BCUT2D eigenvalue weighted by Gasteiger charge is -2.22. The molecule has 1 aliphatic rings. The molecule has 3 heterocycles. The number of fused-ring (bicyclic) bond motifs is 2. The zero-order valence-corrected chi connectivity index (χ0v) is 19.9. The van der Waals surface area contributed by atoms with Crippen molar-refractivity contribution in [2.24, 2.45) is 0 Å². The number of carbonyl (C=O) groups excluding carboxylic acids is 1. The Hall–Kier alpha value is -3.16. The molecule has 0 fully saturated rings. The summed E-state index contributed by atoms with van der Waals surface area (Å²) in [6.07, 6.45) is 0.902. The molecule has 8 heteroatoms. The SMILES string of the molecule is CCCOc1ccc(C2c3c(oc4ccc(Cl)cc4c3=O)C(=O)N2c2nc(C)c(C)s2)cc1. The summed E-state index contributed by atoms with van der Waals surface area (Å²) in [5.41, 5.74) is 1.96. The number of anilines is 1. The van der Waals surface area contributed by atoms with Gasteiger partial charge >= 0.3 is 0 Å². The quantitative estimate of drug-likeness (QED) is 0.347. The van der Waals surface area contributed by atoms with Crippen molar-refractivity contribution in [2.75, 3.05) is 11.5 Å². The van der Waals surface area contributed by atoms with Gasteiger partial charge in [-0.2, -0.15) is 0 Å². The van der Waals surface area contributed by atoms with E-state index in [-0.39, 0.29) is 17.1 Å². The molecule has 0 aliphatic carbocycles. The number of hydrogen-bond acceptors (Lipinski definition) is 6. The van der Waals surface area contributed by atoms with Crippen LogP contribution in [0.15, 0.2) is 51.7 Å². The molecule has 5 rings (SSSR count). The van der Waals surface area contributed by atoms with E-state index in [1.165, 1.54) is 11.3 Å². The van der Waals surface area contributed by atoms with Crippen LogP contribution in [0.25, 0.3) is 11.0 Å². The Morgan fingerprint density at radius 2 is 1.91 bits per heavy atom. The third-order valence-electron chi connectivity index (χ3n) is 5.72. The Morgan fingerprint density at radius 1 is 1.15 bits per heavy atom. The van der Waals surface area contributed by atoms with Crippen LogP contribution in [0.2, 0.25) is 5.02 Å². The monoisotopic (exact) mass is 480 g/mol. The average molecular weight is 481 g/mol. The molecule has 1 amide bonds. The Bertz CT molecular complexity index is 1420. The number of rotatable bonds is 5. The first-order valence-corrected chi connectivity index (χ1v) is 11.8. The number of hydrogen-bond donors (Lipinski definition) is 0. The summed E-state index contributed by atoms with van der Waals surface area (Å²) in [5, 5.41) is 1.30. The van der Waals surface area contributed by atoms with Crippen molar-refractivity contribution in [3.63, 3.8) is 0 Å². The first-order valence-electron chi connectivity index (χ1n) is 10.7. The number of thiazole rings is 1. The van der Waals surface area contributed by atoms with Crippen molar-refractivity contribution >= 4 is 44.9 Å².